The van der Waals surface area contributed by atoms with Crippen LogP contribution in [0.5, 0.6) is 0 Å². The standard InChI is InChI=1S/C27H34F2N8O/c1-17(2)26-19(13-31-37(26)25-12-24(32-27(30)33-25)36-15-23(38)16-36)5-4-6-34-7-8-35(14-18(34)3)22-10-20(28)9-21(29)11-22/h4-5,9-13,17-18,23,38H,6-8,14-16H2,1-3H3,(H2,30,32,33)/b5-4+/t18-/m1/s1. The van der Waals surface area contributed by atoms with E-state index < -0.39 is 11.6 Å². The van der Waals surface area contributed by atoms with Gasteiger partial charge in [0.15, 0.2) is 5.82 Å². The van der Waals surface area contributed by atoms with E-state index in [4.69, 9.17) is 5.73 Å². The molecular formula is C27H34F2N8O. The van der Waals surface area contributed by atoms with Gasteiger partial charge in [-0.2, -0.15) is 15.1 Å². The highest BCUT2D eigenvalue weighted by atomic mass is 19.1. The predicted octanol–water partition coefficient (Wildman–Crippen LogP) is 3.05. The first kappa shape index (κ1) is 26.1. The molecule has 38 heavy (non-hydrogen) atoms. The highest BCUT2D eigenvalue weighted by Crippen LogP contribution is 2.27. The van der Waals surface area contributed by atoms with E-state index in [0.29, 0.717) is 43.5 Å². The number of nitrogen functional groups attached to an aromatic ring is 1. The van der Waals surface area contributed by atoms with E-state index in [1.807, 2.05) is 26.7 Å². The number of piperazine rings is 1. The smallest absolute Gasteiger partial charge is 0.224 e. The summed E-state index contributed by atoms with van der Waals surface area (Å²) in [7, 11) is 0. The lowest BCUT2D eigenvalue weighted by atomic mass is 10.1. The predicted molar refractivity (Wildman–Crippen MR) is 145 cm³/mol. The van der Waals surface area contributed by atoms with Crippen LogP contribution < -0.4 is 15.5 Å². The zero-order valence-electron chi connectivity index (χ0n) is 21.9. The summed E-state index contributed by atoms with van der Waals surface area (Å²) in [6.07, 6.45) is 5.69. The van der Waals surface area contributed by atoms with E-state index in [1.54, 1.807) is 0 Å². The monoisotopic (exact) mass is 524 g/mol. The number of β-amino-alcohol motifs (C(OH)–C–C–N with tert-alkyl or cyclic N) is 1. The largest absolute Gasteiger partial charge is 0.389 e. The first-order valence-electron chi connectivity index (χ1n) is 13.0. The molecule has 9 nitrogen and oxygen atoms in total. The van der Waals surface area contributed by atoms with Gasteiger partial charge in [-0.25, -0.2) is 13.5 Å². The number of hydrogen-bond acceptors (Lipinski definition) is 8. The quantitative estimate of drug-likeness (QED) is 0.487. The van der Waals surface area contributed by atoms with Crippen molar-refractivity contribution in [1.82, 2.24) is 24.6 Å². The van der Waals surface area contributed by atoms with Crippen molar-refractivity contribution >= 4 is 23.5 Å². The van der Waals surface area contributed by atoms with E-state index in [1.165, 1.54) is 12.1 Å². The first-order valence-corrected chi connectivity index (χ1v) is 13.0. The SMILES string of the molecule is CC(C)c1c(/C=C/CN2CCN(c3cc(F)cc(F)c3)C[C@H]2C)cnn1-c1cc(N2CC(O)C2)nc(N)n1. The number of anilines is 3. The minimum absolute atomic E-state index is 0.162. The van der Waals surface area contributed by atoms with Gasteiger partial charge in [0.1, 0.15) is 17.5 Å². The van der Waals surface area contributed by atoms with Crippen molar-refractivity contribution in [1.29, 1.82) is 0 Å². The average molecular weight is 525 g/mol. The van der Waals surface area contributed by atoms with Gasteiger partial charge in [0.05, 0.1) is 18.0 Å². The molecule has 11 heteroatoms. The van der Waals surface area contributed by atoms with Crippen LogP contribution in [0.3, 0.4) is 0 Å². The van der Waals surface area contributed by atoms with Gasteiger partial charge < -0.3 is 20.6 Å². The molecular weight excluding hydrogens is 490 g/mol. The molecule has 0 radical (unpaired) electrons. The molecule has 2 fully saturated rings. The second-order valence-corrected chi connectivity index (χ2v) is 10.4. The maximum absolute atomic E-state index is 13.7. The maximum Gasteiger partial charge on any atom is 0.224 e. The van der Waals surface area contributed by atoms with Crippen LogP contribution in [-0.2, 0) is 0 Å². The summed E-state index contributed by atoms with van der Waals surface area (Å²) >= 11 is 0. The molecule has 0 spiro atoms. The molecule has 2 aliphatic heterocycles. The Labute approximate surface area is 221 Å². The van der Waals surface area contributed by atoms with Crippen LogP contribution in [0.15, 0.2) is 36.5 Å². The Morgan fingerprint density at radius 3 is 2.39 bits per heavy atom. The molecule has 0 bridgehead atoms. The molecule has 1 atom stereocenters. The fourth-order valence-corrected chi connectivity index (χ4v) is 5.15. The number of aliphatic hydroxyl groups excluding tert-OH is 1. The summed E-state index contributed by atoms with van der Waals surface area (Å²) in [6, 6.07) is 5.74. The van der Waals surface area contributed by atoms with Crippen LogP contribution in [0.2, 0.25) is 0 Å². The van der Waals surface area contributed by atoms with Crippen LogP contribution in [0.4, 0.5) is 26.2 Å². The molecule has 0 amide bonds. The van der Waals surface area contributed by atoms with Crippen LogP contribution in [0.25, 0.3) is 11.9 Å². The molecule has 3 N–H and O–H groups in total. The maximum atomic E-state index is 13.7. The van der Waals surface area contributed by atoms with Gasteiger partial charge in [0.2, 0.25) is 5.95 Å². The fourth-order valence-electron chi connectivity index (χ4n) is 5.15. The van der Waals surface area contributed by atoms with E-state index in [2.05, 4.69) is 52.9 Å². The highest BCUT2D eigenvalue weighted by molar-refractivity contribution is 5.56. The van der Waals surface area contributed by atoms with Gasteiger partial charge in [-0.1, -0.05) is 26.0 Å². The van der Waals surface area contributed by atoms with Gasteiger partial charge in [-0.15, -0.1) is 0 Å². The number of halogens is 2. The molecule has 4 heterocycles. The van der Waals surface area contributed by atoms with Crippen LogP contribution in [0, 0.1) is 11.6 Å². The van der Waals surface area contributed by atoms with Crippen LogP contribution >= 0.6 is 0 Å². The molecule has 2 saturated heterocycles. The zero-order chi connectivity index (χ0) is 27.0. The molecule has 0 unspecified atom stereocenters. The number of aliphatic hydroxyl groups is 1. The fraction of sp³-hybridized carbons (Fsp3) is 0.444. The third-order valence-corrected chi connectivity index (χ3v) is 7.12. The Balaban J connectivity index is 1.28. The van der Waals surface area contributed by atoms with Crippen molar-refractivity contribution in [2.75, 3.05) is 54.8 Å². The lowest BCUT2D eigenvalue weighted by molar-refractivity contribution is 0.141. The Bertz CT molecular complexity index is 1300. The minimum atomic E-state index is -0.556. The minimum Gasteiger partial charge on any atom is -0.389 e. The number of hydrogen-bond donors (Lipinski definition) is 2. The molecule has 0 aliphatic carbocycles. The normalized spacial score (nSPS) is 19.1. The summed E-state index contributed by atoms with van der Waals surface area (Å²) in [5.41, 5.74) is 8.60. The van der Waals surface area contributed by atoms with Gasteiger partial charge in [0, 0.05) is 68.7 Å². The molecule has 0 saturated carbocycles. The zero-order valence-corrected chi connectivity index (χ0v) is 21.9. The lowest BCUT2D eigenvalue weighted by Crippen LogP contribution is -2.51. The summed E-state index contributed by atoms with van der Waals surface area (Å²) in [5, 5.41) is 14.3. The van der Waals surface area contributed by atoms with Crippen molar-refractivity contribution < 1.29 is 13.9 Å². The third kappa shape index (κ3) is 5.48. The Hall–Kier alpha value is -3.57. The average Bonchev–Trinajstić information content (AvgIpc) is 3.26. The van der Waals surface area contributed by atoms with Crippen LogP contribution in [0.1, 0.15) is 37.9 Å². The highest BCUT2D eigenvalue weighted by Gasteiger charge is 2.27. The molecule has 5 rings (SSSR count). The molecule has 2 aromatic heterocycles. The van der Waals surface area contributed by atoms with Crippen LogP contribution in [-0.4, -0.2) is 81.2 Å². The third-order valence-electron chi connectivity index (χ3n) is 7.12. The lowest BCUT2D eigenvalue weighted by Gasteiger charge is -2.40. The molecule has 1 aromatic carbocycles. The van der Waals surface area contributed by atoms with Crippen molar-refractivity contribution in [2.24, 2.45) is 0 Å². The Kier molecular flexibility index (Phi) is 7.31. The van der Waals surface area contributed by atoms with Gasteiger partial charge in [-0.05, 0) is 25.0 Å². The van der Waals surface area contributed by atoms with Crippen molar-refractivity contribution in [3.05, 3.63) is 59.4 Å². The molecule has 2 aliphatic rings. The second-order valence-electron chi connectivity index (χ2n) is 10.4. The van der Waals surface area contributed by atoms with Crippen molar-refractivity contribution in [3.8, 4) is 5.82 Å². The van der Waals surface area contributed by atoms with Gasteiger partial charge in [0.25, 0.3) is 0 Å². The van der Waals surface area contributed by atoms with E-state index in [9.17, 15) is 13.9 Å². The molecule has 3 aromatic rings. The van der Waals surface area contributed by atoms with E-state index in [-0.39, 0.29) is 24.0 Å². The summed E-state index contributed by atoms with van der Waals surface area (Å²) in [5.74, 6) is 0.497. The number of aromatic nitrogens is 4. The number of nitrogens with zero attached hydrogens (tertiary/aromatic N) is 7. The number of rotatable bonds is 7. The Morgan fingerprint density at radius 2 is 1.74 bits per heavy atom. The van der Waals surface area contributed by atoms with Gasteiger partial charge in [-0.3, -0.25) is 4.90 Å². The van der Waals surface area contributed by atoms with Crippen molar-refractivity contribution in [2.45, 2.75) is 38.8 Å². The summed E-state index contributed by atoms with van der Waals surface area (Å²) in [4.78, 5) is 15.1. The van der Waals surface area contributed by atoms with Crippen molar-refractivity contribution in [3.63, 3.8) is 0 Å². The van der Waals surface area contributed by atoms with E-state index >= 15 is 0 Å². The number of benzene rings is 1. The number of nitrogens with two attached hydrogens (primary N) is 1. The Morgan fingerprint density at radius 1 is 1.03 bits per heavy atom. The first-order chi connectivity index (χ1) is 18.2. The van der Waals surface area contributed by atoms with Gasteiger partial charge >= 0.3 is 0 Å². The topological polar surface area (TPSA) is 99.6 Å². The second kappa shape index (κ2) is 10.7. The van der Waals surface area contributed by atoms with E-state index in [0.717, 1.165) is 30.4 Å². The summed E-state index contributed by atoms with van der Waals surface area (Å²) in [6.45, 7) is 10.3. The summed E-state index contributed by atoms with van der Waals surface area (Å²) < 4.78 is 29.2. The molecule has 202 valence electrons.